The number of nitrogens with zero attached hydrogens (tertiary/aromatic N) is 3. The van der Waals surface area contributed by atoms with Crippen LogP contribution in [0.15, 0.2) is 12.4 Å². The molecule has 0 saturated carbocycles. The molecule has 0 aliphatic carbocycles. The minimum atomic E-state index is 0.265. The van der Waals surface area contributed by atoms with E-state index in [0.717, 1.165) is 56.5 Å². The smallest absolute Gasteiger partial charge is 0.134 e. The molecular weight excluding hydrogens is 308 g/mol. The Kier molecular flexibility index (Phi) is 7.95. The molecule has 1 aromatic heterocycles. The summed E-state index contributed by atoms with van der Waals surface area (Å²) in [6, 6.07) is 2.03. The number of aliphatic hydroxyl groups is 1. The van der Waals surface area contributed by atoms with Crippen molar-refractivity contribution in [2.45, 2.75) is 33.1 Å². The predicted octanol–water partition coefficient (Wildman–Crippen LogP) is 2.88. The van der Waals surface area contributed by atoms with Gasteiger partial charge < -0.3 is 15.3 Å². The van der Waals surface area contributed by atoms with E-state index in [9.17, 15) is 5.11 Å². The summed E-state index contributed by atoms with van der Waals surface area (Å²) in [5.41, 5.74) is 0. The second-order valence-electron chi connectivity index (χ2n) is 6.65. The summed E-state index contributed by atoms with van der Waals surface area (Å²) in [6.07, 6.45) is 5.00. The molecule has 6 heteroatoms. The lowest BCUT2D eigenvalue weighted by molar-refractivity contribution is 0.208. The zero-order valence-electron chi connectivity index (χ0n) is 14.4. The van der Waals surface area contributed by atoms with Crippen molar-refractivity contribution in [1.29, 1.82) is 0 Å². The van der Waals surface area contributed by atoms with Crippen molar-refractivity contribution in [3.05, 3.63) is 12.4 Å². The first-order valence-corrected chi connectivity index (χ1v) is 9.84. The van der Waals surface area contributed by atoms with Gasteiger partial charge in [0.15, 0.2) is 0 Å². The third kappa shape index (κ3) is 6.55. The maximum Gasteiger partial charge on any atom is 0.134 e. The Hall–Kier alpha value is -1.01. The Morgan fingerprint density at radius 3 is 3.09 bits per heavy atom. The van der Waals surface area contributed by atoms with Crippen LogP contribution in [0.3, 0.4) is 0 Å². The van der Waals surface area contributed by atoms with Gasteiger partial charge in [-0.25, -0.2) is 9.97 Å². The molecule has 0 radical (unpaired) electrons. The van der Waals surface area contributed by atoms with Gasteiger partial charge in [-0.1, -0.05) is 13.8 Å². The molecular formula is C17H30N4OS. The van der Waals surface area contributed by atoms with Gasteiger partial charge in [0.2, 0.25) is 0 Å². The van der Waals surface area contributed by atoms with Gasteiger partial charge in [0.05, 0.1) is 0 Å². The van der Waals surface area contributed by atoms with Gasteiger partial charge in [-0.3, -0.25) is 0 Å². The number of nitrogens with one attached hydrogen (secondary N) is 1. The third-order valence-corrected chi connectivity index (χ3v) is 5.46. The Balaban J connectivity index is 1.76. The van der Waals surface area contributed by atoms with Crippen molar-refractivity contribution >= 4 is 23.4 Å². The summed E-state index contributed by atoms with van der Waals surface area (Å²) in [6.45, 7) is 7.63. The van der Waals surface area contributed by atoms with Crippen molar-refractivity contribution in [3.63, 3.8) is 0 Å². The third-order valence-electron chi connectivity index (χ3n) is 3.98. The lowest BCUT2D eigenvalue weighted by Crippen LogP contribution is -2.37. The van der Waals surface area contributed by atoms with Crippen molar-refractivity contribution in [3.8, 4) is 0 Å². The van der Waals surface area contributed by atoms with E-state index in [1.807, 2.05) is 17.8 Å². The van der Waals surface area contributed by atoms with E-state index in [2.05, 4.69) is 34.0 Å². The number of piperidine rings is 1. The van der Waals surface area contributed by atoms with Crippen molar-refractivity contribution in [1.82, 2.24) is 9.97 Å². The number of aliphatic hydroxyl groups excluding tert-OH is 1. The summed E-state index contributed by atoms with van der Waals surface area (Å²) in [5, 5.41) is 12.8. The summed E-state index contributed by atoms with van der Waals surface area (Å²) in [4.78, 5) is 11.0. The molecule has 5 nitrogen and oxygen atoms in total. The van der Waals surface area contributed by atoms with Crippen LogP contribution in [0.4, 0.5) is 11.6 Å². The second-order valence-corrected chi connectivity index (χ2v) is 7.80. The minimum absolute atomic E-state index is 0.265. The number of hydrogen-bond donors (Lipinski definition) is 2. The zero-order valence-corrected chi connectivity index (χ0v) is 15.2. The molecule has 1 saturated heterocycles. The van der Waals surface area contributed by atoms with Gasteiger partial charge in [-0.05, 0) is 42.6 Å². The summed E-state index contributed by atoms with van der Waals surface area (Å²) in [5.74, 6) is 5.43. The van der Waals surface area contributed by atoms with Gasteiger partial charge in [0, 0.05) is 32.3 Å². The highest BCUT2D eigenvalue weighted by atomic mass is 32.2. The van der Waals surface area contributed by atoms with E-state index >= 15 is 0 Å². The lowest BCUT2D eigenvalue weighted by Gasteiger charge is -2.32. The molecule has 1 atom stereocenters. The van der Waals surface area contributed by atoms with Crippen LogP contribution in [0.25, 0.3) is 0 Å². The first kappa shape index (κ1) is 18.3. The Bertz CT molecular complexity index is 458. The van der Waals surface area contributed by atoms with Crippen LogP contribution >= 0.6 is 11.8 Å². The van der Waals surface area contributed by atoms with Gasteiger partial charge in [-0.15, -0.1) is 0 Å². The first-order valence-electron chi connectivity index (χ1n) is 8.68. The molecule has 2 rings (SSSR count). The largest absolute Gasteiger partial charge is 0.396 e. The van der Waals surface area contributed by atoms with Crippen LogP contribution < -0.4 is 10.2 Å². The highest BCUT2D eigenvalue weighted by Gasteiger charge is 2.20. The SMILES string of the molecule is CC(C)CSCCCNc1cc(N2CCCC(CO)C2)ncn1. The molecule has 23 heavy (non-hydrogen) atoms. The maximum atomic E-state index is 9.36. The number of anilines is 2. The van der Waals surface area contributed by atoms with Crippen molar-refractivity contribution in [2.75, 3.05) is 48.0 Å². The fraction of sp³-hybridized carbons (Fsp3) is 0.765. The van der Waals surface area contributed by atoms with Crippen molar-refractivity contribution < 1.29 is 5.11 Å². The average Bonchev–Trinajstić information content (AvgIpc) is 2.58. The zero-order chi connectivity index (χ0) is 16.5. The molecule has 1 fully saturated rings. The molecule has 1 aromatic rings. The normalized spacial score (nSPS) is 18.4. The van der Waals surface area contributed by atoms with Crippen LogP contribution in [0.1, 0.15) is 33.1 Å². The molecule has 130 valence electrons. The minimum Gasteiger partial charge on any atom is -0.396 e. The van der Waals surface area contributed by atoms with Crippen LogP contribution in [0.2, 0.25) is 0 Å². The predicted molar refractivity (Wildman–Crippen MR) is 99.3 cm³/mol. The van der Waals surface area contributed by atoms with Gasteiger partial charge in [-0.2, -0.15) is 11.8 Å². The van der Waals surface area contributed by atoms with Crippen LogP contribution in [-0.4, -0.2) is 52.8 Å². The molecule has 0 amide bonds. The molecule has 1 aliphatic heterocycles. The Morgan fingerprint density at radius 2 is 2.30 bits per heavy atom. The van der Waals surface area contributed by atoms with Crippen LogP contribution in [0.5, 0.6) is 0 Å². The molecule has 1 aliphatic rings. The Morgan fingerprint density at radius 1 is 1.43 bits per heavy atom. The molecule has 0 bridgehead atoms. The molecule has 1 unspecified atom stereocenters. The number of thioether (sulfide) groups is 1. The first-order chi connectivity index (χ1) is 11.2. The van der Waals surface area contributed by atoms with E-state index in [1.165, 1.54) is 11.5 Å². The number of aromatic nitrogens is 2. The molecule has 2 heterocycles. The maximum absolute atomic E-state index is 9.36. The summed E-state index contributed by atoms with van der Waals surface area (Å²) >= 11 is 2.02. The van der Waals surface area contributed by atoms with E-state index in [0.29, 0.717) is 5.92 Å². The molecule has 0 aromatic carbocycles. The summed E-state index contributed by atoms with van der Waals surface area (Å²) in [7, 11) is 0. The fourth-order valence-electron chi connectivity index (χ4n) is 2.75. The highest BCUT2D eigenvalue weighted by molar-refractivity contribution is 7.99. The standard InChI is InChI=1S/C17H30N4OS/c1-14(2)12-23-8-4-6-18-16-9-17(20-13-19-16)21-7-3-5-15(10-21)11-22/h9,13-15,22H,3-8,10-12H2,1-2H3,(H,18,19,20). The quantitative estimate of drug-likeness (QED) is 0.675. The van der Waals surface area contributed by atoms with Gasteiger partial charge in [0.1, 0.15) is 18.0 Å². The Labute approximate surface area is 144 Å². The topological polar surface area (TPSA) is 61.3 Å². The molecule has 2 N–H and O–H groups in total. The van der Waals surface area contributed by atoms with Crippen molar-refractivity contribution in [2.24, 2.45) is 11.8 Å². The van der Waals surface area contributed by atoms with Crippen LogP contribution in [0, 0.1) is 11.8 Å². The highest BCUT2D eigenvalue weighted by Crippen LogP contribution is 2.22. The van der Waals surface area contributed by atoms with Gasteiger partial charge >= 0.3 is 0 Å². The fourth-order valence-corrected chi connectivity index (χ4v) is 3.74. The lowest BCUT2D eigenvalue weighted by atomic mass is 9.99. The van der Waals surface area contributed by atoms with E-state index in [4.69, 9.17) is 0 Å². The van der Waals surface area contributed by atoms with Crippen LogP contribution in [-0.2, 0) is 0 Å². The van der Waals surface area contributed by atoms with E-state index in [1.54, 1.807) is 6.33 Å². The number of hydrogen-bond acceptors (Lipinski definition) is 6. The second kappa shape index (κ2) is 9.98. The molecule has 0 spiro atoms. The average molecular weight is 339 g/mol. The van der Waals surface area contributed by atoms with E-state index < -0.39 is 0 Å². The number of rotatable bonds is 9. The monoisotopic (exact) mass is 338 g/mol. The van der Waals surface area contributed by atoms with Gasteiger partial charge in [0.25, 0.3) is 0 Å². The van der Waals surface area contributed by atoms with E-state index in [-0.39, 0.29) is 6.61 Å². The summed E-state index contributed by atoms with van der Waals surface area (Å²) < 4.78 is 0.